The first-order chi connectivity index (χ1) is 12.8. The van der Waals surface area contributed by atoms with Crippen molar-refractivity contribution in [3.8, 4) is 11.5 Å². The van der Waals surface area contributed by atoms with Gasteiger partial charge < -0.3 is 15.1 Å². The minimum absolute atomic E-state index is 0.247. The molecule has 5 nitrogen and oxygen atoms in total. The summed E-state index contributed by atoms with van der Waals surface area (Å²) in [6, 6.07) is 24.6. The number of nitrogens with zero attached hydrogens (tertiary/aromatic N) is 1. The fraction of sp³-hybridized carbons (Fsp3) is 0.0476. The van der Waals surface area contributed by atoms with Crippen LogP contribution < -0.4 is 10.6 Å². The number of hydrogen-bond acceptors (Lipinski definition) is 3. The zero-order chi connectivity index (χ0) is 17.8. The Hall–Kier alpha value is -3.60. The molecular weight excluding hydrogens is 326 g/mol. The van der Waals surface area contributed by atoms with Crippen LogP contribution in [-0.2, 0) is 6.54 Å². The molecule has 0 fully saturated rings. The van der Waals surface area contributed by atoms with Gasteiger partial charge in [0.05, 0.1) is 0 Å². The van der Waals surface area contributed by atoms with Crippen LogP contribution in [0.2, 0.25) is 0 Å². The van der Waals surface area contributed by atoms with E-state index in [1.165, 1.54) is 0 Å². The molecule has 26 heavy (non-hydrogen) atoms. The lowest BCUT2D eigenvalue weighted by atomic mass is 10.2. The molecule has 0 aliphatic carbocycles. The highest BCUT2D eigenvalue weighted by Gasteiger charge is 2.08. The summed E-state index contributed by atoms with van der Waals surface area (Å²) in [4.78, 5) is 16.5. The maximum atomic E-state index is 12.0. The van der Waals surface area contributed by atoms with Crippen LogP contribution in [0.25, 0.3) is 22.6 Å². The lowest BCUT2D eigenvalue weighted by Gasteiger charge is -2.08. The van der Waals surface area contributed by atoms with Gasteiger partial charge in [-0.05, 0) is 42.0 Å². The maximum Gasteiger partial charge on any atom is 0.319 e. The fourth-order valence-electron chi connectivity index (χ4n) is 2.65. The molecule has 128 valence electrons. The second-order valence-electron chi connectivity index (χ2n) is 5.86. The fourth-order valence-corrected chi connectivity index (χ4v) is 2.65. The maximum absolute atomic E-state index is 12.0. The van der Waals surface area contributed by atoms with Crippen LogP contribution in [0, 0.1) is 0 Å². The quantitative estimate of drug-likeness (QED) is 0.558. The van der Waals surface area contributed by atoms with E-state index in [2.05, 4.69) is 15.6 Å². The highest BCUT2D eigenvalue weighted by molar-refractivity contribution is 5.89. The van der Waals surface area contributed by atoms with E-state index >= 15 is 0 Å². The Balaban J connectivity index is 1.40. The molecule has 0 aliphatic rings. The Kier molecular flexibility index (Phi) is 4.35. The van der Waals surface area contributed by atoms with Crippen molar-refractivity contribution in [2.75, 3.05) is 5.32 Å². The standard InChI is InChI=1S/C21H17N3O2/c25-21(22-14-15-6-2-1-3-7-15)23-17-12-10-16(11-13-17)20-24-18-8-4-5-9-19(18)26-20/h1-13H,14H2,(H2,22,23,25). The van der Waals surface area contributed by atoms with Gasteiger partial charge in [0.25, 0.3) is 0 Å². The summed E-state index contributed by atoms with van der Waals surface area (Å²) < 4.78 is 5.75. The van der Waals surface area contributed by atoms with Gasteiger partial charge in [0.1, 0.15) is 5.52 Å². The van der Waals surface area contributed by atoms with Gasteiger partial charge in [-0.25, -0.2) is 9.78 Å². The molecule has 0 radical (unpaired) electrons. The SMILES string of the molecule is O=C(NCc1ccccc1)Nc1ccc(-c2nc3ccccc3o2)cc1. The summed E-state index contributed by atoms with van der Waals surface area (Å²) in [5.41, 5.74) is 4.19. The lowest BCUT2D eigenvalue weighted by molar-refractivity contribution is 0.251. The summed E-state index contributed by atoms with van der Waals surface area (Å²) in [6.07, 6.45) is 0. The molecule has 0 saturated heterocycles. The van der Waals surface area contributed by atoms with Gasteiger partial charge in [-0.1, -0.05) is 42.5 Å². The van der Waals surface area contributed by atoms with Gasteiger partial charge in [0, 0.05) is 17.8 Å². The van der Waals surface area contributed by atoms with Crippen molar-refractivity contribution in [2.24, 2.45) is 0 Å². The number of oxazole rings is 1. The number of nitrogens with one attached hydrogen (secondary N) is 2. The monoisotopic (exact) mass is 343 g/mol. The highest BCUT2D eigenvalue weighted by Crippen LogP contribution is 2.25. The molecule has 0 atom stereocenters. The van der Waals surface area contributed by atoms with Crippen molar-refractivity contribution >= 4 is 22.8 Å². The molecule has 0 aliphatic heterocycles. The van der Waals surface area contributed by atoms with E-state index in [-0.39, 0.29) is 6.03 Å². The Bertz CT molecular complexity index is 991. The number of hydrogen-bond donors (Lipinski definition) is 2. The molecule has 4 rings (SSSR count). The summed E-state index contributed by atoms with van der Waals surface area (Å²) in [5, 5.41) is 5.65. The van der Waals surface area contributed by atoms with Crippen LogP contribution >= 0.6 is 0 Å². The number of amides is 2. The molecule has 1 heterocycles. The average Bonchev–Trinajstić information content (AvgIpc) is 3.12. The molecule has 0 unspecified atom stereocenters. The van der Waals surface area contributed by atoms with Crippen LogP contribution in [0.1, 0.15) is 5.56 Å². The third-order valence-electron chi connectivity index (χ3n) is 3.98. The molecule has 0 saturated carbocycles. The molecule has 2 amide bonds. The number of aromatic nitrogens is 1. The van der Waals surface area contributed by atoms with Gasteiger partial charge in [0.15, 0.2) is 5.58 Å². The minimum atomic E-state index is -0.247. The molecule has 1 aromatic heterocycles. The smallest absolute Gasteiger partial charge is 0.319 e. The number of fused-ring (bicyclic) bond motifs is 1. The predicted octanol–water partition coefficient (Wildman–Crippen LogP) is 4.82. The van der Waals surface area contributed by atoms with Gasteiger partial charge in [0.2, 0.25) is 5.89 Å². The van der Waals surface area contributed by atoms with Crippen molar-refractivity contribution in [3.05, 3.63) is 84.4 Å². The second kappa shape index (κ2) is 7.11. The number of anilines is 1. The van der Waals surface area contributed by atoms with E-state index in [0.717, 1.165) is 22.2 Å². The Morgan fingerprint density at radius 1 is 0.885 bits per heavy atom. The van der Waals surface area contributed by atoms with Gasteiger partial charge in [-0.2, -0.15) is 0 Å². The highest BCUT2D eigenvalue weighted by atomic mass is 16.3. The topological polar surface area (TPSA) is 67.2 Å². The summed E-state index contributed by atoms with van der Waals surface area (Å²) >= 11 is 0. The van der Waals surface area contributed by atoms with E-state index < -0.39 is 0 Å². The van der Waals surface area contributed by atoms with Gasteiger partial charge in [-0.15, -0.1) is 0 Å². The zero-order valence-corrected chi connectivity index (χ0v) is 14.0. The number of rotatable bonds is 4. The summed E-state index contributed by atoms with van der Waals surface area (Å²) in [7, 11) is 0. The lowest BCUT2D eigenvalue weighted by Crippen LogP contribution is -2.28. The number of para-hydroxylation sites is 2. The van der Waals surface area contributed by atoms with E-state index in [1.54, 1.807) is 0 Å². The first-order valence-corrected chi connectivity index (χ1v) is 8.33. The Morgan fingerprint density at radius 2 is 1.62 bits per heavy atom. The van der Waals surface area contributed by atoms with E-state index in [0.29, 0.717) is 18.1 Å². The molecule has 5 heteroatoms. The average molecular weight is 343 g/mol. The molecule has 4 aromatic rings. The van der Waals surface area contributed by atoms with E-state index in [9.17, 15) is 4.79 Å². The third kappa shape index (κ3) is 3.57. The summed E-state index contributed by atoms with van der Waals surface area (Å²) in [6.45, 7) is 0.480. The van der Waals surface area contributed by atoms with Crippen LogP contribution in [0.15, 0.2) is 83.3 Å². The minimum Gasteiger partial charge on any atom is -0.436 e. The summed E-state index contributed by atoms with van der Waals surface area (Å²) in [5.74, 6) is 0.561. The van der Waals surface area contributed by atoms with Crippen LogP contribution in [0.3, 0.4) is 0 Å². The largest absolute Gasteiger partial charge is 0.436 e. The van der Waals surface area contributed by atoms with Crippen molar-refractivity contribution in [2.45, 2.75) is 6.54 Å². The molecule has 2 N–H and O–H groups in total. The van der Waals surface area contributed by atoms with Crippen molar-refractivity contribution in [1.29, 1.82) is 0 Å². The van der Waals surface area contributed by atoms with Gasteiger partial charge in [-0.3, -0.25) is 0 Å². The predicted molar refractivity (Wildman–Crippen MR) is 102 cm³/mol. The second-order valence-corrected chi connectivity index (χ2v) is 5.86. The van der Waals surface area contributed by atoms with Crippen molar-refractivity contribution < 1.29 is 9.21 Å². The Morgan fingerprint density at radius 3 is 2.38 bits per heavy atom. The van der Waals surface area contributed by atoms with Crippen LogP contribution in [-0.4, -0.2) is 11.0 Å². The van der Waals surface area contributed by atoms with E-state index in [1.807, 2.05) is 78.9 Å². The number of carbonyl (C=O) groups excluding carboxylic acids is 1. The third-order valence-corrected chi connectivity index (χ3v) is 3.98. The van der Waals surface area contributed by atoms with E-state index in [4.69, 9.17) is 4.42 Å². The molecule has 3 aromatic carbocycles. The van der Waals surface area contributed by atoms with Crippen molar-refractivity contribution in [1.82, 2.24) is 10.3 Å². The van der Waals surface area contributed by atoms with Crippen LogP contribution in [0.5, 0.6) is 0 Å². The molecule has 0 spiro atoms. The number of carbonyl (C=O) groups is 1. The first-order valence-electron chi connectivity index (χ1n) is 8.33. The van der Waals surface area contributed by atoms with Crippen molar-refractivity contribution in [3.63, 3.8) is 0 Å². The molecule has 0 bridgehead atoms. The number of urea groups is 1. The normalized spacial score (nSPS) is 10.6. The number of benzene rings is 3. The first kappa shape index (κ1) is 15.9. The molecular formula is C21H17N3O2. The van der Waals surface area contributed by atoms with Crippen LogP contribution in [0.4, 0.5) is 10.5 Å². The zero-order valence-electron chi connectivity index (χ0n) is 14.0. The van der Waals surface area contributed by atoms with Gasteiger partial charge >= 0.3 is 6.03 Å². The Labute approximate surface area is 150 Å².